The molecule has 39 heavy (non-hydrogen) atoms. The minimum atomic E-state index is -0.485. The van der Waals surface area contributed by atoms with Crippen molar-refractivity contribution < 1.29 is 28.9 Å². The Labute approximate surface area is 233 Å². The lowest BCUT2D eigenvalue weighted by Crippen LogP contribution is -2.78. The van der Waals surface area contributed by atoms with E-state index < -0.39 is 17.5 Å². The number of fused-ring (bicyclic) bond motifs is 1. The number of unbranched alkanes of at least 4 members (excludes halogenated alkanes) is 1. The Morgan fingerprint density at radius 1 is 1.31 bits per heavy atom. The van der Waals surface area contributed by atoms with Gasteiger partial charge in [-0.05, 0) is 36.3 Å². The number of hydrogen-bond donors (Lipinski definition) is 3. The first kappa shape index (κ1) is 32.7. The van der Waals surface area contributed by atoms with Crippen molar-refractivity contribution in [3.8, 4) is 5.75 Å². The maximum Gasteiger partial charge on any atom is 0.227 e. The molecule has 1 aromatic rings. The molecule has 2 amide bonds. The molecule has 1 heterocycles. The monoisotopic (exact) mass is 547 g/mol. The number of benzene rings is 1. The molecule has 4 atom stereocenters. The topological polar surface area (TPSA) is 139 Å². The van der Waals surface area contributed by atoms with Crippen LogP contribution in [0.1, 0.15) is 66.7 Å². The largest absolute Gasteiger partial charge is 0.508 e. The number of hydrogen-bond acceptors (Lipinski definition) is 6. The van der Waals surface area contributed by atoms with Crippen LogP contribution in [0.5, 0.6) is 5.75 Å². The zero-order valence-electron chi connectivity index (χ0n) is 24.6. The smallest absolute Gasteiger partial charge is 0.227 e. The molecule has 1 aromatic carbocycles. The van der Waals surface area contributed by atoms with Crippen molar-refractivity contribution in [2.24, 2.45) is 23.0 Å². The highest BCUT2D eigenvalue weighted by atomic mass is 16.7. The Morgan fingerprint density at radius 3 is 2.67 bits per heavy atom. The van der Waals surface area contributed by atoms with Crippen LogP contribution in [0.4, 0.5) is 5.69 Å². The molecular formula is C29H49N5O5. The first-order chi connectivity index (χ1) is 18.5. The molecular weight excluding hydrogens is 498 g/mol. The zero-order valence-corrected chi connectivity index (χ0v) is 24.6. The van der Waals surface area contributed by atoms with Gasteiger partial charge in [0.2, 0.25) is 11.8 Å². The summed E-state index contributed by atoms with van der Waals surface area (Å²) in [6, 6.07) is 6.51. The number of amides is 2. The Kier molecular flexibility index (Phi) is 13.3. The number of carbonyl (C=O) groups is 2. The van der Waals surface area contributed by atoms with E-state index >= 15 is 0 Å². The fourth-order valence-electron chi connectivity index (χ4n) is 5.01. The average molecular weight is 548 g/mol. The highest BCUT2D eigenvalue weighted by Gasteiger charge is 2.37. The van der Waals surface area contributed by atoms with E-state index in [4.69, 9.17) is 19.9 Å². The van der Waals surface area contributed by atoms with Crippen LogP contribution in [0.25, 0.3) is 5.53 Å². The number of anilines is 1. The van der Waals surface area contributed by atoms with Gasteiger partial charge in [0.05, 0.1) is 24.9 Å². The maximum atomic E-state index is 13.6. The van der Waals surface area contributed by atoms with Crippen LogP contribution in [0.2, 0.25) is 0 Å². The molecule has 0 unspecified atom stereocenters. The molecule has 1 aliphatic heterocycles. The number of ether oxygens (including phenoxy) is 3. The molecule has 0 spiro atoms. The second kappa shape index (κ2) is 15.9. The summed E-state index contributed by atoms with van der Waals surface area (Å²) in [5.74, 6) is 0.423. The predicted molar refractivity (Wildman–Crippen MR) is 151 cm³/mol. The highest BCUT2D eigenvalue weighted by molar-refractivity contribution is 5.95. The predicted octanol–water partition coefficient (Wildman–Crippen LogP) is 2.58. The van der Waals surface area contributed by atoms with Gasteiger partial charge >= 0.3 is 0 Å². The van der Waals surface area contributed by atoms with Crippen LogP contribution >= 0.6 is 0 Å². The average Bonchev–Trinajstić information content (AvgIpc) is 2.89. The van der Waals surface area contributed by atoms with E-state index in [1.165, 1.54) is 0 Å². The summed E-state index contributed by atoms with van der Waals surface area (Å²) < 4.78 is 16.5. The van der Waals surface area contributed by atoms with Gasteiger partial charge < -0.3 is 40.8 Å². The third-order valence-electron chi connectivity index (χ3n) is 7.22. The van der Waals surface area contributed by atoms with Gasteiger partial charge in [-0.25, -0.2) is 0 Å². The maximum absolute atomic E-state index is 13.6. The van der Waals surface area contributed by atoms with Crippen LogP contribution in [0, 0.1) is 17.3 Å². The lowest BCUT2D eigenvalue weighted by molar-refractivity contribution is -0.533. The van der Waals surface area contributed by atoms with Gasteiger partial charge in [0.15, 0.2) is 6.04 Å². The zero-order chi connectivity index (χ0) is 29.0. The van der Waals surface area contributed by atoms with Gasteiger partial charge in [-0.15, -0.1) is 0 Å². The fraction of sp³-hybridized carbons (Fsp3) is 0.724. The normalized spacial score (nSPS) is 17.6. The number of nitrogens with two attached hydrogens (primary N) is 1. The van der Waals surface area contributed by atoms with Crippen molar-refractivity contribution in [3.05, 3.63) is 29.8 Å². The summed E-state index contributed by atoms with van der Waals surface area (Å²) in [6.07, 6.45) is 2.74. The lowest BCUT2D eigenvalue weighted by Gasteiger charge is -2.37. The van der Waals surface area contributed by atoms with Gasteiger partial charge in [0.1, 0.15) is 18.6 Å². The molecule has 10 nitrogen and oxygen atoms in total. The van der Waals surface area contributed by atoms with E-state index in [0.717, 1.165) is 18.5 Å². The Hall–Kier alpha value is -2.56. The molecule has 0 saturated carbocycles. The molecule has 1 aliphatic rings. The van der Waals surface area contributed by atoms with E-state index in [9.17, 15) is 15.1 Å². The molecule has 0 bridgehead atoms. The third kappa shape index (κ3) is 10.2. The van der Waals surface area contributed by atoms with E-state index in [2.05, 4.69) is 17.4 Å². The SMILES string of the molecule is CCCCNC(=O)[C@@H](C[C@H](N)[C@H](CC(C)(C)CC(=O)N1C[C@H](COCOC)Oc2ccccc21)[NH+]=[N-])C(C)C. The summed E-state index contributed by atoms with van der Waals surface area (Å²) in [6.45, 7) is 11.5. The molecule has 0 radical (unpaired) electrons. The van der Waals surface area contributed by atoms with Crippen molar-refractivity contribution in [3.63, 3.8) is 0 Å². The third-order valence-corrected chi connectivity index (χ3v) is 7.22. The number of nitrogens with one attached hydrogen (secondary N) is 2. The summed E-state index contributed by atoms with van der Waals surface area (Å²) >= 11 is 0. The summed E-state index contributed by atoms with van der Waals surface area (Å²) in [4.78, 5) is 28.2. The van der Waals surface area contributed by atoms with E-state index in [0.29, 0.717) is 38.3 Å². The molecule has 0 aromatic heterocycles. The Balaban J connectivity index is 2.07. The Bertz CT molecular complexity index is 925. The van der Waals surface area contributed by atoms with Gasteiger partial charge in [-0.1, -0.05) is 53.2 Å². The van der Waals surface area contributed by atoms with Crippen molar-refractivity contribution >= 4 is 17.5 Å². The summed E-state index contributed by atoms with van der Waals surface area (Å²) in [7, 11) is 1.56. The van der Waals surface area contributed by atoms with Crippen LogP contribution < -0.4 is 25.8 Å². The number of nitrogens with zero attached hydrogens (tertiary/aromatic N) is 2. The quantitative estimate of drug-likeness (QED) is 0.156. The minimum absolute atomic E-state index is 0.00459. The van der Waals surface area contributed by atoms with Crippen molar-refractivity contribution in [2.75, 3.05) is 38.5 Å². The minimum Gasteiger partial charge on any atom is -0.508 e. The van der Waals surface area contributed by atoms with Crippen LogP contribution in [-0.4, -0.2) is 63.6 Å². The van der Waals surface area contributed by atoms with E-state index in [1.54, 1.807) is 12.0 Å². The molecule has 4 N–H and O–H groups in total. The van der Waals surface area contributed by atoms with Gasteiger partial charge in [-0.3, -0.25) is 9.59 Å². The molecule has 220 valence electrons. The van der Waals surface area contributed by atoms with Crippen LogP contribution in [0.15, 0.2) is 24.3 Å². The number of methoxy groups -OCH3 is 1. The molecule has 0 saturated heterocycles. The van der Waals surface area contributed by atoms with Gasteiger partial charge in [0, 0.05) is 32.4 Å². The number of rotatable bonds is 17. The summed E-state index contributed by atoms with van der Waals surface area (Å²) in [5, 5.41) is 5.38. The second-order valence-corrected chi connectivity index (χ2v) is 11.7. The molecule has 0 fully saturated rings. The highest BCUT2D eigenvalue weighted by Crippen LogP contribution is 2.36. The van der Waals surface area contributed by atoms with Crippen molar-refractivity contribution in [1.29, 1.82) is 0 Å². The number of carbonyl (C=O) groups excluding carboxylic acids is 2. The van der Waals surface area contributed by atoms with E-state index in [-0.39, 0.29) is 43.0 Å². The molecule has 2 rings (SSSR count). The van der Waals surface area contributed by atoms with Crippen molar-refractivity contribution in [2.45, 2.75) is 84.9 Å². The standard InChI is InChI=1S/C29H49N5O5/c1-7-8-13-32-28(36)22(20(2)3)14-23(30)24(33-31)15-29(4,5)16-27(35)34-17-21(18-38-19-37-6)39-26-12-10-9-11-25(26)34/h9-12,20-24,33H,7-8,13-19,30H2,1-6H3,(H,32,36)/t21-,22+,23+,24+/m1/s1. The molecule has 0 aliphatic carbocycles. The second-order valence-electron chi connectivity index (χ2n) is 11.7. The first-order valence-electron chi connectivity index (χ1n) is 14.1. The Morgan fingerprint density at radius 2 is 2.03 bits per heavy atom. The van der Waals surface area contributed by atoms with Gasteiger partial charge in [0.25, 0.3) is 0 Å². The summed E-state index contributed by atoms with van der Waals surface area (Å²) in [5.41, 5.74) is 16.8. The first-order valence-corrected chi connectivity index (χ1v) is 14.1. The number of para-hydroxylation sites is 2. The lowest BCUT2D eigenvalue weighted by atomic mass is 9.78. The van der Waals surface area contributed by atoms with E-state index in [1.807, 2.05) is 52.0 Å². The molecule has 10 heteroatoms. The van der Waals surface area contributed by atoms with Crippen LogP contribution in [-0.2, 0) is 19.1 Å². The van der Waals surface area contributed by atoms with Crippen LogP contribution in [0.3, 0.4) is 0 Å². The van der Waals surface area contributed by atoms with Gasteiger partial charge in [-0.2, -0.15) is 0 Å². The fourth-order valence-corrected chi connectivity index (χ4v) is 5.01. The van der Waals surface area contributed by atoms with Crippen molar-refractivity contribution in [1.82, 2.24) is 5.32 Å².